The monoisotopic (exact) mass is 419 g/mol. The lowest BCUT2D eigenvalue weighted by atomic mass is 10.1. The standard InChI is InChI=1S/C21H17F4N3O2/c1-12(29)28(17-8-7-13-3-2-4-14(13)9-17)11-16-6-5-15(10-18(16)22)19-26-27-20(30-19)21(23,24)25/h5-10H,2-4,11H2,1H3. The van der Waals surface area contributed by atoms with Crippen LogP contribution in [0.3, 0.4) is 0 Å². The number of fused-ring (bicyclic) bond motifs is 1. The number of hydrogen-bond acceptors (Lipinski definition) is 4. The summed E-state index contributed by atoms with van der Waals surface area (Å²) >= 11 is 0. The fourth-order valence-electron chi connectivity index (χ4n) is 3.54. The van der Waals surface area contributed by atoms with Crippen LogP contribution in [0.1, 0.15) is 35.9 Å². The number of alkyl halides is 3. The molecule has 0 bridgehead atoms. The third-order valence-corrected chi connectivity index (χ3v) is 5.07. The number of carbonyl (C=O) groups excluding carboxylic acids is 1. The number of carbonyl (C=O) groups is 1. The second-order valence-electron chi connectivity index (χ2n) is 7.13. The Bertz CT molecular complexity index is 1110. The lowest BCUT2D eigenvalue weighted by Crippen LogP contribution is -2.28. The van der Waals surface area contributed by atoms with Gasteiger partial charge in [0, 0.05) is 23.7 Å². The van der Waals surface area contributed by atoms with Crippen LogP contribution in [0, 0.1) is 5.82 Å². The van der Waals surface area contributed by atoms with E-state index in [9.17, 15) is 22.4 Å². The summed E-state index contributed by atoms with van der Waals surface area (Å²) in [7, 11) is 0. The molecule has 1 amide bonds. The van der Waals surface area contributed by atoms with Crippen molar-refractivity contribution in [2.24, 2.45) is 0 Å². The number of nitrogens with zero attached hydrogens (tertiary/aromatic N) is 3. The summed E-state index contributed by atoms with van der Waals surface area (Å²) in [6, 6.07) is 9.57. The highest BCUT2D eigenvalue weighted by atomic mass is 19.4. The molecule has 9 heteroatoms. The molecule has 1 aromatic heterocycles. The molecule has 0 unspecified atom stereocenters. The molecule has 5 nitrogen and oxygen atoms in total. The minimum absolute atomic E-state index is 0.0160. The zero-order valence-corrected chi connectivity index (χ0v) is 16.0. The molecular weight excluding hydrogens is 402 g/mol. The summed E-state index contributed by atoms with van der Waals surface area (Å²) in [4.78, 5) is 13.7. The second-order valence-corrected chi connectivity index (χ2v) is 7.13. The van der Waals surface area contributed by atoms with E-state index in [4.69, 9.17) is 0 Å². The van der Waals surface area contributed by atoms with Gasteiger partial charge >= 0.3 is 12.1 Å². The van der Waals surface area contributed by atoms with Crippen molar-refractivity contribution in [1.29, 1.82) is 0 Å². The minimum atomic E-state index is -4.78. The minimum Gasteiger partial charge on any atom is -0.413 e. The van der Waals surface area contributed by atoms with Crippen LogP contribution in [0.15, 0.2) is 40.8 Å². The van der Waals surface area contributed by atoms with Gasteiger partial charge < -0.3 is 9.32 Å². The highest BCUT2D eigenvalue weighted by Crippen LogP contribution is 2.31. The first-order valence-corrected chi connectivity index (χ1v) is 9.32. The molecule has 1 heterocycles. The zero-order valence-electron chi connectivity index (χ0n) is 16.0. The summed E-state index contributed by atoms with van der Waals surface area (Å²) in [5.41, 5.74) is 3.36. The van der Waals surface area contributed by atoms with Crippen LogP contribution in [0.5, 0.6) is 0 Å². The molecule has 30 heavy (non-hydrogen) atoms. The van der Waals surface area contributed by atoms with Gasteiger partial charge in [0.05, 0.1) is 6.54 Å². The van der Waals surface area contributed by atoms with Crippen LogP contribution in [0.25, 0.3) is 11.5 Å². The van der Waals surface area contributed by atoms with E-state index in [1.807, 2.05) is 18.2 Å². The lowest BCUT2D eigenvalue weighted by molar-refractivity contribution is -0.156. The maximum absolute atomic E-state index is 14.7. The number of aryl methyl sites for hydroxylation is 2. The van der Waals surface area contributed by atoms with Crippen LogP contribution in [-0.4, -0.2) is 16.1 Å². The largest absolute Gasteiger partial charge is 0.470 e. The van der Waals surface area contributed by atoms with Crippen LogP contribution < -0.4 is 4.90 Å². The van der Waals surface area contributed by atoms with E-state index in [-0.39, 0.29) is 23.6 Å². The summed E-state index contributed by atoms with van der Waals surface area (Å²) in [5.74, 6) is -2.87. The smallest absolute Gasteiger partial charge is 0.413 e. The summed E-state index contributed by atoms with van der Waals surface area (Å²) in [6.45, 7) is 1.38. The second kappa shape index (κ2) is 7.55. The number of benzene rings is 2. The first kappa shape index (κ1) is 20.1. The van der Waals surface area contributed by atoms with E-state index < -0.39 is 23.8 Å². The van der Waals surface area contributed by atoms with Crippen LogP contribution in [-0.2, 0) is 30.4 Å². The molecule has 2 aromatic carbocycles. The maximum Gasteiger partial charge on any atom is 0.470 e. The third-order valence-electron chi connectivity index (χ3n) is 5.07. The normalized spacial score (nSPS) is 13.4. The van der Waals surface area contributed by atoms with Crippen LogP contribution >= 0.6 is 0 Å². The Kier molecular flexibility index (Phi) is 5.05. The van der Waals surface area contributed by atoms with Gasteiger partial charge in [0.1, 0.15) is 5.82 Å². The maximum atomic E-state index is 14.7. The molecule has 0 saturated heterocycles. The lowest BCUT2D eigenvalue weighted by Gasteiger charge is -2.22. The van der Waals surface area contributed by atoms with Gasteiger partial charge in [-0.05, 0) is 54.7 Å². The Balaban J connectivity index is 1.59. The molecule has 1 aliphatic carbocycles. The van der Waals surface area contributed by atoms with E-state index in [0.717, 1.165) is 25.3 Å². The van der Waals surface area contributed by atoms with Gasteiger partial charge in [-0.2, -0.15) is 13.2 Å². The van der Waals surface area contributed by atoms with Gasteiger partial charge in [-0.25, -0.2) is 4.39 Å². The Hall–Kier alpha value is -3.23. The molecule has 0 N–H and O–H groups in total. The van der Waals surface area contributed by atoms with Crippen LogP contribution in [0.2, 0.25) is 0 Å². The van der Waals surface area contributed by atoms with Crippen molar-refractivity contribution < 1.29 is 26.8 Å². The van der Waals surface area contributed by atoms with Crippen molar-refractivity contribution in [3.05, 3.63) is 64.8 Å². The van der Waals surface area contributed by atoms with Gasteiger partial charge in [-0.3, -0.25) is 4.79 Å². The van der Waals surface area contributed by atoms with Gasteiger partial charge in [0.2, 0.25) is 11.8 Å². The number of hydrogen-bond donors (Lipinski definition) is 0. The molecule has 3 aromatic rings. The number of amides is 1. The summed E-state index contributed by atoms with van der Waals surface area (Å²) < 4.78 is 57.1. The Morgan fingerprint density at radius 3 is 2.53 bits per heavy atom. The van der Waals surface area contributed by atoms with Crippen molar-refractivity contribution >= 4 is 11.6 Å². The molecule has 0 saturated carbocycles. The number of anilines is 1. The molecule has 0 atom stereocenters. The van der Waals surface area contributed by atoms with E-state index in [2.05, 4.69) is 14.6 Å². The quantitative estimate of drug-likeness (QED) is 0.563. The highest BCUT2D eigenvalue weighted by molar-refractivity contribution is 5.91. The van der Waals surface area contributed by atoms with Gasteiger partial charge in [0.25, 0.3) is 0 Å². The van der Waals surface area contributed by atoms with E-state index in [0.29, 0.717) is 5.69 Å². The first-order chi connectivity index (χ1) is 14.2. The molecule has 4 rings (SSSR count). The van der Waals surface area contributed by atoms with Crippen molar-refractivity contribution in [2.45, 2.75) is 38.9 Å². The molecule has 156 valence electrons. The van der Waals surface area contributed by atoms with Gasteiger partial charge in [-0.1, -0.05) is 12.1 Å². The predicted molar refractivity (Wildman–Crippen MR) is 100 cm³/mol. The fraction of sp³-hybridized carbons (Fsp3) is 0.286. The Morgan fingerprint density at radius 2 is 1.87 bits per heavy atom. The van der Waals surface area contributed by atoms with E-state index in [1.165, 1.54) is 35.1 Å². The van der Waals surface area contributed by atoms with Crippen molar-refractivity contribution in [3.63, 3.8) is 0 Å². The average Bonchev–Trinajstić information content (AvgIpc) is 3.35. The summed E-state index contributed by atoms with van der Waals surface area (Å²) in [6.07, 6.45) is -1.75. The molecule has 0 spiro atoms. The SMILES string of the molecule is CC(=O)N(Cc1ccc(-c2nnc(C(F)(F)F)o2)cc1F)c1ccc2c(c1)CCC2. The molecule has 0 aliphatic heterocycles. The van der Waals surface area contributed by atoms with E-state index >= 15 is 0 Å². The van der Waals surface area contributed by atoms with Gasteiger partial charge in [-0.15, -0.1) is 10.2 Å². The molecule has 1 aliphatic rings. The van der Waals surface area contributed by atoms with Crippen molar-refractivity contribution in [1.82, 2.24) is 10.2 Å². The highest BCUT2D eigenvalue weighted by Gasteiger charge is 2.38. The Labute approximate surface area is 169 Å². The first-order valence-electron chi connectivity index (χ1n) is 9.32. The van der Waals surface area contributed by atoms with Crippen molar-refractivity contribution in [3.8, 4) is 11.5 Å². The molecule has 0 radical (unpaired) electrons. The predicted octanol–water partition coefficient (Wildman–Crippen LogP) is 4.94. The number of aromatic nitrogens is 2. The number of rotatable bonds is 4. The van der Waals surface area contributed by atoms with Crippen LogP contribution in [0.4, 0.5) is 23.2 Å². The molecule has 0 fully saturated rings. The molecular formula is C21H17F4N3O2. The summed E-state index contributed by atoms with van der Waals surface area (Å²) in [5, 5.41) is 6.26. The third kappa shape index (κ3) is 3.92. The number of halogens is 4. The van der Waals surface area contributed by atoms with E-state index in [1.54, 1.807) is 0 Å². The topological polar surface area (TPSA) is 59.2 Å². The average molecular weight is 419 g/mol. The fourth-order valence-corrected chi connectivity index (χ4v) is 3.54. The Morgan fingerprint density at radius 1 is 1.10 bits per heavy atom. The van der Waals surface area contributed by atoms with Gasteiger partial charge in [0.15, 0.2) is 0 Å². The zero-order chi connectivity index (χ0) is 21.5. The van der Waals surface area contributed by atoms with Crippen molar-refractivity contribution in [2.75, 3.05) is 4.90 Å².